The smallest absolute Gasteiger partial charge is 0.123 e. The van der Waals surface area contributed by atoms with Gasteiger partial charge in [-0.25, -0.2) is 0 Å². The van der Waals surface area contributed by atoms with Crippen molar-refractivity contribution >= 4 is 11.6 Å². The van der Waals surface area contributed by atoms with Crippen molar-refractivity contribution < 1.29 is 9.84 Å². The molecule has 0 bridgehead atoms. The van der Waals surface area contributed by atoms with E-state index in [1.165, 1.54) is 13.2 Å². The van der Waals surface area contributed by atoms with Gasteiger partial charge in [0.15, 0.2) is 0 Å². The van der Waals surface area contributed by atoms with Crippen LogP contribution in [0, 0.1) is 11.3 Å². The molecule has 2 aromatic rings. The van der Waals surface area contributed by atoms with Crippen molar-refractivity contribution in [2.24, 2.45) is 0 Å². The number of hydrogen-bond donors (Lipinski definition) is 1. The molecule has 0 aliphatic rings. The van der Waals surface area contributed by atoms with Crippen LogP contribution in [-0.4, -0.2) is 12.2 Å². The lowest BCUT2D eigenvalue weighted by Crippen LogP contribution is -1.86. The van der Waals surface area contributed by atoms with E-state index in [2.05, 4.69) is 0 Å². The second-order valence-corrected chi connectivity index (χ2v) is 4.13. The number of rotatable bonds is 2. The van der Waals surface area contributed by atoms with Crippen molar-refractivity contribution in [3.8, 4) is 28.7 Å². The highest BCUT2D eigenvalue weighted by molar-refractivity contribution is 6.31. The van der Waals surface area contributed by atoms with Crippen LogP contribution in [0.2, 0.25) is 5.02 Å². The molecule has 0 saturated carbocycles. The van der Waals surface area contributed by atoms with Crippen molar-refractivity contribution in [1.82, 2.24) is 0 Å². The number of nitriles is 1. The summed E-state index contributed by atoms with van der Waals surface area (Å²) in [4.78, 5) is 0. The van der Waals surface area contributed by atoms with Crippen molar-refractivity contribution in [3.63, 3.8) is 0 Å². The predicted octanol–water partition coefficient (Wildman–Crippen LogP) is 3.59. The van der Waals surface area contributed by atoms with Crippen LogP contribution in [0.4, 0.5) is 0 Å². The first-order chi connectivity index (χ1) is 8.63. The average Bonchev–Trinajstić information content (AvgIpc) is 2.38. The average molecular weight is 260 g/mol. The van der Waals surface area contributed by atoms with Crippen molar-refractivity contribution in [3.05, 3.63) is 47.0 Å². The molecule has 0 fully saturated rings. The monoisotopic (exact) mass is 259 g/mol. The van der Waals surface area contributed by atoms with E-state index in [-0.39, 0.29) is 5.75 Å². The van der Waals surface area contributed by atoms with Gasteiger partial charge in [-0.05, 0) is 35.4 Å². The van der Waals surface area contributed by atoms with Crippen LogP contribution in [0.5, 0.6) is 11.5 Å². The molecule has 0 aliphatic carbocycles. The van der Waals surface area contributed by atoms with E-state index in [4.69, 9.17) is 21.6 Å². The number of ether oxygens (including phenoxy) is 1. The summed E-state index contributed by atoms with van der Waals surface area (Å²) in [7, 11) is 1.53. The zero-order valence-electron chi connectivity index (χ0n) is 9.64. The number of nitrogens with zero attached hydrogens (tertiary/aromatic N) is 1. The Morgan fingerprint density at radius 1 is 1.17 bits per heavy atom. The van der Waals surface area contributed by atoms with Gasteiger partial charge in [-0.2, -0.15) is 5.26 Å². The molecule has 1 N–H and O–H groups in total. The largest absolute Gasteiger partial charge is 0.508 e. The fourth-order valence-electron chi connectivity index (χ4n) is 1.66. The minimum absolute atomic E-state index is 0.109. The van der Waals surface area contributed by atoms with E-state index in [9.17, 15) is 5.11 Å². The maximum atomic E-state index is 9.60. The lowest BCUT2D eigenvalue weighted by atomic mass is 10.0. The number of methoxy groups -OCH3 is 1. The van der Waals surface area contributed by atoms with E-state index < -0.39 is 0 Å². The zero-order valence-corrected chi connectivity index (χ0v) is 10.4. The van der Waals surface area contributed by atoms with Crippen molar-refractivity contribution in [2.75, 3.05) is 7.11 Å². The van der Waals surface area contributed by atoms with Gasteiger partial charge in [0.2, 0.25) is 0 Å². The first-order valence-corrected chi connectivity index (χ1v) is 5.60. The molecule has 0 aromatic heterocycles. The fourth-order valence-corrected chi connectivity index (χ4v) is 1.82. The van der Waals surface area contributed by atoms with Crippen molar-refractivity contribution in [2.45, 2.75) is 0 Å². The molecule has 4 heteroatoms. The number of hydrogen-bond acceptors (Lipinski definition) is 3. The molecule has 0 radical (unpaired) electrons. The van der Waals surface area contributed by atoms with E-state index in [0.29, 0.717) is 16.3 Å². The van der Waals surface area contributed by atoms with Crippen LogP contribution in [0.1, 0.15) is 5.56 Å². The van der Waals surface area contributed by atoms with E-state index in [1.54, 1.807) is 30.3 Å². The van der Waals surface area contributed by atoms with E-state index >= 15 is 0 Å². The van der Waals surface area contributed by atoms with Crippen molar-refractivity contribution in [1.29, 1.82) is 5.26 Å². The normalized spacial score (nSPS) is 9.83. The SMILES string of the molecule is COc1cc(O)cc(-c2ccc(Cl)c(C#N)c2)c1. The summed E-state index contributed by atoms with van der Waals surface area (Å²) >= 11 is 5.88. The molecule has 0 unspecified atom stereocenters. The molecule has 0 atom stereocenters. The van der Waals surface area contributed by atoms with Gasteiger partial charge in [0, 0.05) is 6.07 Å². The Labute approximate surface area is 110 Å². The Kier molecular flexibility index (Phi) is 3.40. The molecule has 2 aromatic carbocycles. The summed E-state index contributed by atoms with van der Waals surface area (Å²) in [6, 6.07) is 12.1. The van der Waals surface area contributed by atoms with Gasteiger partial charge >= 0.3 is 0 Å². The molecular formula is C14H10ClNO2. The van der Waals surface area contributed by atoms with Gasteiger partial charge in [0.1, 0.15) is 17.6 Å². The van der Waals surface area contributed by atoms with E-state index in [1.807, 2.05) is 6.07 Å². The second-order valence-electron chi connectivity index (χ2n) is 3.73. The molecular weight excluding hydrogens is 250 g/mol. The highest BCUT2D eigenvalue weighted by Crippen LogP contribution is 2.31. The lowest BCUT2D eigenvalue weighted by Gasteiger charge is -2.07. The molecule has 2 rings (SSSR count). The maximum absolute atomic E-state index is 9.60. The predicted molar refractivity (Wildman–Crippen MR) is 69.8 cm³/mol. The summed E-state index contributed by atoms with van der Waals surface area (Å²) in [5, 5.41) is 18.9. The minimum Gasteiger partial charge on any atom is -0.508 e. The van der Waals surface area contributed by atoms with Gasteiger partial charge < -0.3 is 9.84 Å². The maximum Gasteiger partial charge on any atom is 0.123 e. The van der Waals surface area contributed by atoms with Crippen LogP contribution in [0.25, 0.3) is 11.1 Å². The van der Waals surface area contributed by atoms with Gasteiger partial charge in [-0.1, -0.05) is 17.7 Å². The quantitative estimate of drug-likeness (QED) is 0.897. The number of phenolic OH excluding ortho intramolecular Hbond substituents is 1. The van der Waals surface area contributed by atoms with Crippen LogP contribution in [0.15, 0.2) is 36.4 Å². The number of halogens is 1. The summed E-state index contributed by atoms with van der Waals surface area (Å²) in [6.45, 7) is 0. The Balaban J connectivity index is 2.55. The minimum atomic E-state index is 0.109. The first kappa shape index (κ1) is 12.3. The zero-order chi connectivity index (χ0) is 13.1. The summed E-state index contributed by atoms with van der Waals surface area (Å²) < 4.78 is 5.09. The second kappa shape index (κ2) is 4.99. The molecule has 3 nitrogen and oxygen atoms in total. The van der Waals surface area contributed by atoms with E-state index in [0.717, 1.165) is 11.1 Å². The van der Waals surface area contributed by atoms with Gasteiger partial charge in [0.05, 0.1) is 17.7 Å². The van der Waals surface area contributed by atoms with Crippen LogP contribution >= 0.6 is 11.6 Å². The molecule has 0 amide bonds. The summed E-state index contributed by atoms with van der Waals surface area (Å²) in [5.41, 5.74) is 1.96. The standard InChI is InChI=1S/C14H10ClNO2/c1-18-13-6-10(5-12(17)7-13)9-2-3-14(15)11(4-9)8-16/h2-7,17H,1H3. The highest BCUT2D eigenvalue weighted by atomic mass is 35.5. The third-order valence-corrected chi connectivity index (χ3v) is 2.88. The Morgan fingerprint density at radius 3 is 2.61 bits per heavy atom. The third kappa shape index (κ3) is 2.39. The van der Waals surface area contributed by atoms with Gasteiger partial charge in [-0.3, -0.25) is 0 Å². The highest BCUT2D eigenvalue weighted by Gasteiger charge is 2.06. The Morgan fingerprint density at radius 2 is 1.94 bits per heavy atom. The molecule has 0 spiro atoms. The van der Waals surface area contributed by atoms with Gasteiger partial charge in [-0.15, -0.1) is 0 Å². The Hall–Kier alpha value is -2.18. The van der Waals surface area contributed by atoms with Gasteiger partial charge in [0.25, 0.3) is 0 Å². The number of phenols is 1. The van der Waals surface area contributed by atoms with Crippen LogP contribution < -0.4 is 4.74 Å². The molecule has 90 valence electrons. The fraction of sp³-hybridized carbons (Fsp3) is 0.0714. The van der Waals surface area contributed by atoms with Crippen LogP contribution in [0.3, 0.4) is 0 Å². The molecule has 0 saturated heterocycles. The molecule has 0 aliphatic heterocycles. The summed E-state index contributed by atoms with van der Waals surface area (Å²) in [5.74, 6) is 0.663. The summed E-state index contributed by atoms with van der Waals surface area (Å²) in [6.07, 6.45) is 0. The topological polar surface area (TPSA) is 53.2 Å². The Bertz CT molecular complexity index is 632. The van der Waals surface area contributed by atoms with Crippen LogP contribution in [-0.2, 0) is 0 Å². The third-order valence-electron chi connectivity index (χ3n) is 2.55. The number of benzene rings is 2. The molecule has 0 heterocycles. The number of aromatic hydroxyl groups is 1. The first-order valence-electron chi connectivity index (χ1n) is 5.22. The lowest BCUT2D eigenvalue weighted by molar-refractivity contribution is 0.408. The molecule has 18 heavy (non-hydrogen) atoms.